The summed E-state index contributed by atoms with van der Waals surface area (Å²) in [6.07, 6.45) is 34.1. The van der Waals surface area contributed by atoms with Gasteiger partial charge < -0.3 is 15.0 Å². The summed E-state index contributed by atoms with van der Waals surface area (Å²) in [5.74, 6) is 5.92. The van der Waals surface area contributed by atoms with Crippen LogP contribution in [0.2, 0.25) is 0 Å². The molecule has 0 spiro atoms. The number of non-ortho nitro benzene ring substituents is 1. The lowest BCUT2D eigenvalue weighted by atomic mass is 9.53. The molecule has 0 aliphatic heterocycles. The summed E-state index contributed by atoms with van der Waals surface area (Å²) in [6.45, 7) is 21.5. The molecule has 6 saturated carbocycles. The Hall–Kier alpha value is -3.44. The first-order valence-electron chi connectivity index (χ1n) is 28.1. The molecule has 11 nitrogen and oxygen atoms in total. The molecule has 0 radical (unpaired) electrons. The van der Waals surface area contributed by atoms with Gasteiger partial charge in [-0.15, -0.1) is 0 Å². The second-order valence-electron chi connectivity index (χ2n) is 26.0. The second kappa shape index (κ2) is 20.1. The largest absolute Gasteiger partial charge is 0.385 e. The Morgan fingerprint density at radius 2 is 1.23 bits per heavy atom. The van der Waals surface area contributed by atoms with E-state index in [9.17, 15) is 35.2 Å². The van der Waals surface area contributed by atoms with Gasteiger partial charge in [0.2, 0.25) is 0 Å². The van der Waals surface area contributed by atoms with Crippen molar-refractivity contribution in [1.29, 1.82) is 0 Å². The van der Waals surface area contributed by atoms with Gasteiger partial charge in [-0.25, -0.2) is 0 Å². The van der Waals surface area contributed by atoms with Crippen molar-refractivity contribution in [1.82, 2.24) is 0 Å². The van der Waals surface area contributed by atoms with Gasteiger partial charge in [0.15, 0.2) is 0 Å². The molecular formula is C59H90N4O7. The molecule has 3 N–H and O–H groups in total. The number of aliphatic hydroxyl groups is 2. The molecular weight excluding hydrogens is 877 g/mol. The van der Waals surface area contributed by atoms with Gasteiger partial charge in [0.1, 0.15) is 12.0 Å². The summed E-state index contributed by atoms with van der Waals surface area (Å²) in [5, 5.41) is 51.5. The zero-order chi connectivity index (χ0) is 50.6. The maximum absolute atomic E-state index is 12.4. The summed E-state index contributed by atoms with van der Waals surface area (Å²) in [4.78, 5) is 33.9. The lowest BCUT2D eigenvalue weighted by Gasteiger charge is -2.51. The predicted molar refractivity (Wildman–Crippen MR) is 280 cm³/mol. The molecule has 6 fully saturated rings. The van der Waals surface area contributed by atoms with Gasteiger partial charge >= 0.3 is 5.69 Å². The van der Waals surface area contributed by atoms with E-state index < -0.39 is 26.7 Å². The van der Waals surface area contributed by atoms with Gasteiger partial charge in [-0.3, -0.25) is 25.7 Å². The van der Waals surface area contributed by atoms with E-state index >= 15 is 0 Å². The first-order valence-corrected chi connectivity index (χ1v) is 28.1. The van der Waals surface area contributed by atoms with Gasteiger partial charge in [0.25, 0.3) is 5.69 Å². The molecule has 11 heteroatoms. The number of hydrogen-bond acceptors (Lipinski definition) is 9. The maximum atomic E-state index is 12.4. The Bertz CT molecular complexity index is 2180. The summed E-state index contributed by atoms with van der Waals surface area (Å²) < 4.78 is 0. The fourth-order valence-corrected chi connectivity index (χ4v) is 18.9. The van der Waals surface area contributed by atoms with Crippen molar-refractivity contribution < 1.29 is 24.9 Å². The number of anilines is 1. The van der Waals surface area contributed by atoms with Gasteiger partial charge in [0, 0.05) is 29.0 Å². The molecule has 1 aromatic carbocycles. The number of carbonyl (C=O) groups excluding carboxylic acids is 1. The number of hydrogen-bond donors (Lipinski definition) is 3. The highest BCUT2D eigenvalue weighted by Crippen LogP contribution is 2.74. The van der Waals surface area contributed by atoms with Crippen LogP contribution >= 0.6 is 0 Å². The van der Waals surface area contributed by atoms with E-state index in [1.165, 1.54) is 102 Å². The number of carbonyl (C=O) groups is 1. The molecule has 18 atom stereocenters. The number of benzene rings is 1. The summed E-state index contributed by atoms with van der Waals surface area (Å²) in [6, 6.07) is 3.51. The smallest absolute Gasteiger partial charge is 0.301 e. The molecule has 6 unspecified atom stereocenters. The summed E-state index contributed by atoms with van der Waals surface area (Å²) in [5.41, 5.74) is 0.392. The first-order chi connectivity index (χ1) is 33.2. The fourth-order valence-electron chi connectivity index (χ4n) is 18.9. The molecule has 0 heterocycles. The minimum absolute atomic E-state index is 0.0932. The Kier molecular flexibility index (Phi) is 15.2. The van der Waals surface area contributed by atoms with Crippen LogP contribution in [0.15, 0.2) is 47.6 Å². The van der Waals surface area contributed by atoms with Crippen molar-refractivity contribution in [2.24, 2.45) is 104 Å². The van der Waals surface area contributed by atoms with Crippen molar-refractivity contribution in [3.05, 3.63) is 62.7 Å². The van der Waals surface area contributed by atoms with Crippen molar-refractivity contribution >= 4 is 29.6 Å². The number of fused-ring (bicyclic) bond motifs is 10. The third-order valence-electron chi connectivity index (χ3n) is 22.6. The van der Waals surface area contributed by atoms with E-state index in [0.717, 1.165) is 62.2 Å². The highest BCUT2D eigenvalue weighted by molar-refractivity contribution is 5.70. The minimum Gasteiger partial charge on any atom is -0.385 e. The van der Waals surface area contributed by atoms with Crippen LogP contribution in [0, 0.1) is 119 Å². The maximum Gasteiger partial charge on any atom is 0.301 e. The molecule has 0 bridgehead atoms. The fraction of sp³-hybridized carbons (Fsp3) is 0.797. The Morgan fingerprint density at radius 1 is 0.700 bits per heavy atom. The number of nitrogens with one attached hydrogen (secondary N) is 1. The van der Waals surface area contributed by atoms with Gasteiger partial charge in [-0.2, -0.15) is 5.10 Å². The number of aldehydes is 1. The van der Waals surface area contributed by atoms with Crippen LogP contribution in [0.1, 0.15) is 184 Å². The third-order valence-corrected chi connectivity index (χ3v) is 22.6. The topological polar surface area (TPSA) is 168 Å². The number of hydrazone groups is 1. The normalized spacial score (nSPS) is 43.0. The number of nitro benzene ring substituents is 2. The SMILES string of the molecule is CC(C)CCC[C@@H](C)[C@H]1CCC2C3C(CC[C@@]21C)[C@@]1(C)CCC=C[C@@]1(O)[C@@H]3C=O.CCCCC[C@@H](C)[C@H]1CCC2C3C(CC[C@@]21C)[C@@]1(C)CCC=C[C@@]1(O)[C@@H]3/C=N/Nc1ccc([N+](=O)[O-])cc1[N+](=O)[O-]. The number of nitro groups is 2. The average molecular weight is 967 g/mol. The molecule has 9 rings (SSSR count). The van der Waals surface area contributed by atoms with E-state index in [2.05, 4.69) is 85.0 Å². The van der Waals surface area contributed by atoms with Crippen molar-refractivity contribution in [3.8, 4) is 0 Å². The van der Waals surface area contributed by atoms with E-state index in [1.54, 1.807) is 6.21 Å². The number of nitrogens with zero attached hydrogens (tertiary/aromatic N) is 3. The molecule has 8 aliphatic carbocycles. The van der Waals surface area contributed by atoms with Crippen LogP contribution in [-0.4, -0.2) is 43.8 Å². The van der Waals surface area contributed by atoms with Gasteiger partial charge in [-0.1, -0.05) is 132 Å². The van der Waals surface area contributed by atoms with Crippen LogP contribution < -0.4 is 5.43 Å². The molecule has 0 amide bonds. The lowest BCUT2D eigenvalue weighted by Crippen LogP contribution is -2.49. The average Bonchev–Trinajstić information content (AvgIpc) is 3.97. The summed E-state index contributed by atoms with van der Waals surface area (Å²) >= 11 is 0. The van der Waals surface area contributed by atoms with E-state index in [-0.39, 0.29) is 45.4 Å². The van der Waals surface area contributed by atoms with Crippen molar-refractivity contribution in [2.45, 2.75) is 196 Å². The predicted octanol–water partition coefficient (Wildman–Crippen LogP) is 14.3. The van der Waals surface area contributed by atoms with Crippen molar-refractivity contribution in [3.63, 3.8) is 0 Å². The van der Waals surface area contributed by atoms with Crippen LogP contribution in [0.3, 0.4) is 0 Å². The monoisotopic (exact) mass is 967 g/mol. The van der Waals surface area contributed by atoms with Crippen LogP contribution in [0.25, 0.3) is 0 Å². The number of unbranched alkanes of at least 4 members (excludes halogenated alkanes) is 2. The Morgan fingerprint density at radius 3 is 1.73 bits per heavy atom. The molecule has 70 heavy (non-hydrogen) atoms. The summed E-state index contributed by atoms with van der Waals surface area (Å²) in [7, 11) is 0. The molecule has 1 aromatic rings. The van der Waals surface area contributed by atoms with Crippen LogP contribution in [0.5, 0.6) is 0 Å². The quantitative estimate of drug-likeness (QED) is 0.0367. The molecule has 0 saturated heterocycles. The standard InChI is InChI=1S/C32H46N4O5.C27H44O2/c1-5-6-7-10-21(2)23-12-13-24-29-25(15-18-30(23,24)3)31(4)16-8-9-17-32(31,37)26(29)20-33-34-27-14-11-22(35(38)39)19-28(27)36(40)41;1-18(2)9-8-10-19(3)20-11-12-21-24-22(13-16-25(20,21)4)26(5)14-6-7-15-27(26,29)23(24)17-28/h9,11,14,17,19-21,23-26,29,34,37H,5-8,10,12-13,15-16,18H2,1-4H3;7,15,17-24,29H,6,8-14,16H2,1-5H3/b33-20+;/t21-,23-,24?,25?,26-,29?,30-,31-,32-;19-,20-,21?,22?,23-,24?,25-,26-,27-/m11/s1. The highest BCUT2D eigenvalue weighted by Gasteiger charge is 2.72. The van der Waals surface area contributed by atoms with E-state index in [1.807, 2.05) is 12.2 Å². The van der Waals surface area contributed by atoms with E-state index in [0.29, 0.717) is 46.8 Å². The third kappa shape index (κ3) is 8.56. The lowest BCUT2D eigenvalue weighted by molar-refractivity contribution is -0.393. The number of rotatable bonds is 16. The highest BCUT2D eigenvalue weighted by atomic mass is 16.6. The Balaban J connectivity index is 0.000000200. The minimum atomic E-state index is -1.04. The molecule has 388 valence electrons. The zero-order valence-electron chi connectivity index (χ0n) is 44.4. The van der Waals surface area contributed by atoms with E-state index in [4.69, 9.17) is 0 Å². The van der Waals surface area contributed by atoms with Crippen molar-refractivity contribution in [2.75, 3.05) is 5.43 Å². The molecule has 8 aliphatic rings. The molecule has 0 aromatic heterocycles. The first kappa shape index (κ1) is 52.9. The Labute approximate surface area is 420 Å². The van der Waals surface area contributed by atoms with Crippen LogP contribution in [-0.2, 0) is 4.79 Å². The zero-order valence-corrected chi connectivity index (χ0v) is 44.4. The van der Waals surface area contributed by atoms with Gasteiger partial charge in [0.05, 0.1) is 33.0 Å². The number of allylic oxidation sites excluding steroid dienone is 2. The van der Waals surface area contributed by atoms with Gasteiger partial charge in [-0.05, 0) is 159 Å². The second-order valence-corrected chi connectivity index (χ2v) is 26.0. The van der Waals surface area contributed by atoms with Crippen LogP contribution in [0.4, 0.5) is 17.1 Å².